The van der Waals surface area contributed by atoms with Gasteiger partial charge in [0, 0.05) is 0 Å². The zero-order valence-electron chi connectivity index (χ0n) is 4.58. The minimum absolute atomic E-state index is 0. The summed E-state index contributed by atoms with van der Waals surface area (Å²) in [6, 6.07) is 0. The van der Waals surface area contributed by atoms with Crippen LogP contribution in [0.25, 0.3) is 0 Å². The number of rotatable bonds is 0. The quantitative estimate of drug-likeness (QED) is 0.194. The van der Waals surface area contributed by atoms with Gasteiger partial charge >= 0.3 is 77.2 Å². The van der Waals surface area contributed by atoms with Crippen molar-refractivity contribution in [1.82, 2.24) is 0 Å². The first-order valence-corrected chi connectivity index (χ1v) is 5.37. The second-order valence-electron chi connectivity index (χ2n) is 1.20. The van der Waals surface area contributed by atoms with Crippen molar-refractivity contribution in [2.75, 3.05) is 0 Å². The van der Waals surface area contributed by atoms with E-state index < -0.39 is 18.1 Å². The predicted octanol–water partition coefficient (Wildman–Crippen LogP) is -6.51. The van der Waals surface area contributed by atoms with Crippen LogP contribution in [-0.4, -0.2) is 116 Å². The topological polar surface area (TPSA) is 162 Å². The third kappa shape index (κ3) is 335. The summed E-state index contributed by atoms with van der Waals surface area (Å²) in [5, 5.41) is 0. The van der Waals surface area contributed by atoms with E-state index in [4.69, 9.17) is 38.4 Å². The SMILES string of the molecule is O[Si](O)(O)O.O[Si](O)(O)O.[NaH].[NaH]. The molecule has 0 aromatic carbocycles. The monoisotopic (exact) mass is 240 g/mol. The van der Waals surface area contributed by atoms with Crippen LogP contribution in [0.2, 0.25) is 0 Å². The molecule has 0 aromatic heterocycles. The van der Waals surface area contributed by atoms with E-state index >= 15 is 0 Å². The van der Waals surface area contributed by atoms with Crippen molar-refractivity contribution in [3.05, 3.63) is 0 Å². The van der Waals surface area contributed by atoms with Crippen LogP contribution in [0.3, 0.4) is 0 Å². The Morgan fingerprint density at radius 1 is 0.417 bits per heavy atom. The molecular weight excluding hydrogens is 230 g/mol. The molecule has 8 N–H and O–H groups in total. The van der Waals surface area contributed by atoms with Crippen LogP contribution in [0.5, 0.6) is 0 Å². The molecule has 0 spiro atoms. The average molecular weight is 240 g/mol. The molecule has 0 bridgehead atoms. The van der Waals surface area contributed by atoms with E-state index in [1.165, 1.54) is 0 Å². The van der Waals surface area contributed by atoms with Gasteiger partial charge in [0.05, 0.1) is 0 Å². The van der Waals surface area contributed by atoms with Gasteiger partial charge in [-0.25, -0.2) is 0 Å². The van der Waals surface area contributed by atoms with Gasteiger partial charge in [-0.05, 0) is 0 Å². The molecule has 0 saturated heterocycles. The molecular formula is H10Na2O8Si2. The van der Waals surface area contributed by atoms with Gasteiger partial charge in [-0.1, -0.05) is 0 Å². The van der Waals surface area contributed by atoms with Gasteiger partial charge < -0.3 is 38.4 Å². The Kier molecular flexibility index (Phi) is 19.1. The Morgan fingerprint density at radius 2 is 0.417 bits per heavy atom. The van der Waals surface area contributed by atoms with E-state index in [0.29, 0.717) is 0 Å². The summed E-state index contributed by atoms with van der Waals surface area (Å²) in [6.45, 7) is 0. The standard InChI is InChI=1S/2Na.2H4O4Si.2H/c;;2*1-5(2,3)4;;/h;;2*1-4H;;. The molecule has 0 aliphatic rings. The van der Waals surface area contributed by atoms with Gasteiger partial charge in [0.2, 0.25) is 0 Å². The molecule has 0 radical (unpaired) electrons. The third-order valence-electron chi connectivity index (χ3n) is 0. The van der Waals surface area contributed by atoms with Crippen molar-refractivity contribution < 1.29 is 38.4 Å². The minimum atomic E-state index is -4.61. The molecule has 0 fully saturated rings. The molecule has 0 amide bonds. The molecule has 8 nitrogen and oxygen atoms in total. The Morgan fingerprint density at radius 3 is 0.417 bits per heavy atom. The fourth-order valence-electron chi connectivity index (χ4n) is 0. The second kappa shape index (κ2) is 9.66. The maximum absolute atomic E-state index is 7.33. The number of hydrogen-bond donors (Lipinski definition) is 8. The molecule has 0 aromatic rings. The summed E-state index contributed by atoms with van der Waals surface area (Å²) in [5.41, 5.74) is 0. The Bertz CT molecular complexity index is 58.0. The molecule has 0 unspecified atom stereocenters. The Balaban J connectivity index is -0.0000000457. The zero-order valence-corrected chi connectivity index (χ0v) is 6.58. The molecule has 0 aliphatic heterocycles. The van der Waals surface area contributed by atoms with E-state index in [9.17, 15) is 0 Å². The van der Waals surface area contributed by atoms with E-state index in [1.807, 2.05) is 0 Å². The van der Waals surface area contributed by atoms with E-state index in [2.05, 4.69) is 0 Å². The first kappa shape index (κ1) is 23.7. The third-order valence-corrected chi connectivity index (χ3v) is 0. The van der Waals surface area contributed by atoms with Crippen molar-refractivity contribution in [2.45, 2.75) is 0 Å². The fourth-order valence-corrected chi connectivity index (χ4v) is 0. The fraction of sp³-hybridized carbons (Fsp3) is 0. The summed E-state index contributed by atoms with van der Waals surface area (Å²) in [7, 11) is -9.22. The molecule has 0 rings (SSSR count). The molecule has 0 atom stereocenters. The summed E-state index contributed by atoms with van der Waals surface area (Å²) in [4.78, 5) is 58.6. The van der Waals surface area contributed by atoms with Crippen molar-refractivity contribution >= 4 is 77.2 Å². The average Bonchev–Trinajstić information content (AvgIpc) is 1.12. The first-order valence-electron chi connectivity index (χ1n) is 1.79. The van der Waals surface area contributed by atoms with Crippen LogP contribution in [0.1, 0.15) is 0 Å². The normalized spacial score (nSPS) is 10.0. The molecule has 0 saturated carbocycles. The van der Waals surface area contributed by atoms with E-state index in [1.54, 1.807) is 0 Å². The van der Waals surface area contributed by atoms with Crippen LogP contribution in [0.4, 0.5) is 0 Å². The summed E-state index contributed by atoms with van der Waals surface area (Å²) >= 11 is 0. The van der Waals surface area contributed by atoms with Crippen LogP contribution in [0, 0.1) is 0 Å². The molecule has 0 heterocycles. The van der Waals surface area contributed by atoms with Gasteiger partial charge in [-0.2, -0.15) is 0 Å². The molecule has 12 heavy (non-hydrogen) atoms. The van der Waals surface area contributed by atoms with Crippen LogP contribution in [-0.2, 0) is 0 Å². The summed E-state index contributed by atoms with van der Waals surface area (Å²) in [5.74, 6) is 0. The predicted molar refractivity (Wildman–Crippen MR) is 43.6 cm³/mol. The van der Waals surface area contributed by atoms with Crippen molar-refractivity contribution in [2.24, 2.45) is 0 Å². The number of hydrogen-bond acceptors (Lipinski definition) is 8. The zero-order chi connectivity index (χ0) is 9.00. The second-order valence-corrected chi connectivity index (χ2v) is 3.60. The van der Waals surface area contributed by atoms with Crippen LogP contribution < -0.4 is 0 Å². The van der Waals surface area contributed by atoms with Crippen LogP contribution >= 0.6 is 0 Å². The van der Waals surface area contributed by atoms with Gasteiger partial charge in [-0.15, -0.1) is 0 Å². The summed E-state index contributed by atoms with van der Waals surface area (Å²) in [6.07, 6.45) is 0. The van der Waals surface area contributed by atoms with Gasteiger partial charge in [0.25, 0.3) is 0 Å². The van der Waals surface area contributed by atoms with Crippen molar-refractivity contribution in [1.29, 1.82) is 0 Å². The van der Waals surface area contributed by atoms with Crippen molar-refractivity contribution in [3.8, 4) is 0 Å². The first-order chi connectivity index (χ1) is 4.00. The van der Waals surface area contributed by atoms with Crippen LogP contribution in [0.15, 0.2) is 0 Å². The Labute approximate surface area is 114 Å². The summed E-state index contributed by atoms with van der Waals surface area (Å²) < 4.78 is 0. The van der Waals surface area contributed by atoms with Gasteiger partial charge in [-0.3, -0.25) is 0 Å². The molecule has 12 heteroatoms. The molecule has 68 valence electrons. The van der Waals surface area contributed by atoms with Crippen molar-refractivity contribution in [3.63, 3.8) is 0 Å². The van der Waals surface area contributed by atoms with E-state index in [0.717, 1.165) is 0 Å². The maximum atomic E-state index is 7.33. The van der Waals surface area contributed by atoms with Gasteiger partial charge in [0.1, 0.15) is 0 Å². The Hall–Kier alpha value is 2.11. The van der Waals surface area contributed by atoms with Gasteiger partial charge in [0.15, 0.2) is 0 Å². The molecule has 0 aliphatic carbocycles. The van der Waals surface area contributed by atoms with E-state index in [-0.39, 0.29) is 59.1 Å².